The van der Waals surface area contributed by atoms with Crippen molar-refractivity contribution in [1.82, 2.24) is 4.98 Å². The van der Waals surface area contributed by atoms with Crippen molar-refractivity contribution < 1.29 is 9.47 Å². The van der Waals surface area contributed by atoms with Crippen LogP contribution in [0.5, 0.6) is 0 Å². The predicted octanol–water partition coefficient (Wildman–Crippen LogP) is 2.00. The molecule has 0 atom stereocenters. The van der Waals surface area contributed by atoms with Crippen LogP contribution in [0.4, 0.5) is 11.4 Å². The van der Waals surface area contributed by atoms with Gasteiger partial charge < -0.3 is 19.7 Å². The van der Waals surface area contributed by atoms with Crippen LogP contribution in [0.25, 0.3) is 0 Å². The van der Waals surface area contributed by atoms with Crippen LogP contribution < -0.4 is 10.2 Å². The van der Waals surface area contributed by atoms with Crippen LogP contribution in [0.2, 0.25) is 0 Å². The van der Waals surface area contributed by atoms with Crippen LogP contribution in [0, 0.1) is 0 Å². The van der Waals surface area contributed by atoms with Gasteiger partial charge in [-0.25, -0.2) is 0 Å². The lowest BCUT2D eigenvalue weighted by molar-refractivity contribution is 0.141. The Morgan fingerprint density at radius 3 is 2.26 bits per heavy atom. The fraction of sp³-hybridized carbons (Fsp3) is 0.643. The number of pyridine rings is 1. The maximum Gasteiger partial charge on any atom is 0.0641 e. The van der Waals surface area contributed by atoms with Gasteiger partial charge in [-0.1, -0.05) is 0 Å². The summed E-state index contributed by atoms with van der Waals surface area (Å²) in [5.74, 6) is 0. The van der Waals surface area contributed by atoms with Crippen molar-refractivity contribution in [1.29, 1.82) is 0 Å². The molecule has 0 aromatic carbocycles. The van der Waals surface area contributed by atoms with Crippen LogP contribution in [0.15, 0.2) is 18.5 Å². The molecule has 1 N–H and O–H groups in total. The van der Waals surface area contributed by atoms with Gasteiger partial charge in [-0.2, -0.15) is 0 Å². The van der Waals surface area contributed by atoms with E-state index >= 15 is 0 Å². The maximum absolute atomic E-state index is 5.43. The Bertz CT molecular complexity index is 337. The van der Waals surface area contributed by atoms with Gasteiger partial charge in [0.25, 0.3) is 0 Å². The zero-order valence-corrected chi connectivity index (χ0v) is 12.2. The first-order chi connectivity index (χ1) is 9.31. The number of hydrogen-bond acceptors (Lipinski definition) is 5. The second-order valence-electron chi connectivity index (χ2n) is 4.06. The molecule has 0 saturated heterocycles. The molecule has 0 aliphatic carbocycles. The third-order valence-electron chi connectivity index (χ3n) is 2.80. The maximum atomic E-state index is 5.43. The third kappa shape index (κ3) is 5.89. The first-order valence-corrected chi connectivity index (χ1v) is 6.85. The van der Waals surface area contributed by atoms with E-state index in [1.165, 1.54) is 0 Å². The number of ether oxygens (including phenoxy) is 2. The number of aromatic nitrogens is 1. The summed E-state index contributed by atoms with van der Waals surface area (Å²) in [7, 11) is 1.89. The summed E-state index contributed by atoms with van der Waals surface area (Å²) in [6.45, 7) is 8.62. The van der Waals surface area contributed by atoms with Gasteiger partial charge in [-0.3, -0.25) is 4.98 Å². The molecule has 1 aromatic heterocycles. The standard InChI is InChI=1S/C14H25N3O2/c1-4-18-8-6-17(7-9-19-5-2)14-10-13(15-3)11-16-12-14/h10-12,15H,4-9H2,1-3H3. The Balaban J connectivity index is 2.63. The van der Waals surface area contributed by atoms with E-state index in [1.807, 2.05) is 33.3 Å². The van der Waals surface area contributed by atoms with Crippen molar-refractivity contribution in [3.63, 3.8) is 0 Å². The second-order valence-corrected chi connectivity index (χ2v) is 4.06. The van der Waals surface area contributed by atoms with Crippen molar-refractivity contribution in [3.8, 4) is 0 Å². The molecule has 1 aromatic rings. The molecule has 19 heavy (non-hydrogen) atoms. The Hall–Kier alpha value is -1.33. The Kier molecular flexibility index (Phi) is 7.93. The van der Waals surface area contributed by atoms with E-state index in [2.05, 4.69) is 21.3 Å². The van der Waals surface area contributed by atoms with E-state index in [4.69, 9.17) is 9.47 Å². The molecular weight excluding hydrogens is 242 g/mol. The highest BCUT2D eigenvalue weighted by Crippen LogP contribution is 2.17. The number of rotatable bonds is 10. The van der Waals surface area contributed by atoms with Crippen molar-refractivity contribution in [2.24, 2.45) is 0 Å². The van der Waals surface area contributed by atoms with Crippen molar-refractivity contribution >= 4 is 11.4 Å². The first kappa shape index (κ1) is 15.7. The van der Waals surface area contributed by atoms with Crippen LogP contribution in [0.3, 0.4) is 0 Å². The number of anilines is 2. The molecule has 5 nitrogen and oxygen atoms in total. The Labute approximate surface area is 115 Å². The molecule has 0 amide bonds. The molecule has 0 fully saturated rings. The summed E-state index contributed by atoms with van der Waals surface area (Å²) in [4.78, 5) is 6.48. The average Bonchev–Trinajstić information content (AvgIpc) is 2.46. The van der Waals surface area contributed by atoms with Crippen LogP contribution in [-0.4, -0.2) is 51.5 Å². The van der Waals surface area contributed by atoms with Gasteiger partial charge in [-0.05, 0) is 19.9 Å². The van der Waals surface area contributed by atoms with Gasteiger partial charge in [-0.15, -0.1) is 0 Å². The molecule has 0 radical (unpaired) electrons. The van der Waals surface area contributed by atoms with E-state index in [-0.39, 0.29) is 0 Å². The molecule has 0 aliphatic heterocycles. The minimum atomic E-state index is 0.715. The summed E-state index contributed by atoms with van der Waals surface area (Å²) < 4.78 is 10.9. The zero-order valence-electron chi connectivity index (χ0n) is 12.2. The normalized spacial score (nSPS) is 10.5. The predicted molar refractivity (Wildman–Crippen MR) is 79.0 cm³/mol. The summed E-state index contributed by atoms with van der Waals surface area (Å²) in [6.07, 6.45) is 3.69. The number of nitrogens with zero attached hydrogens (tertiary/aromatic N) is 2. The molecule has 0 bridgehead atoms. The van der Waals surface area contributed by atoms with E-state index < -0.39 is 0 Å². The van der Waals surface area contributed by atoms with E-state index in [9.17, 15) is 0 Å². The lowest BCUT2D eigenvalue weighted by Crippen LogP contribution is -2.31. The molecule has 1 heterocycles. The smallest absolute Gasteiger partial charge is 0.0641 e. The van der Waals surface area contributed by atoms with Crippen LogP contribution >= 0.6 is 0 Å². The largest absolute Gasteiger partial charge is 0.387 e. The fourth-order valence-electron chi connectivity index (χ4n) is 1.75. The van der Waals surface area contributed by atoms with Gasteiger partial charge in [0.15, 0.2) is 0 Å². The topological polar surface area (TPSA) is 46.6 Å². The molecule has 0 aliphatic rings. The molecular formula is C14H25N3O2. The van der Waals surface area contributed by atoms with Crippen molar-refractivity contribution in [3.05, 3.63) is 18.5 Å². The number of hydrogen-bond donors (Lipinski definition) is 1. The molecule has 0 unspecified atom stereocenters. The summed E-state index contributed by atoms with van der Waals surface area (Å²) >= 11 is 0. The molecule has 0 saturated carbocycles. The highest BCUT2D eigenvalue weighted by molar-refractivity contribution is 5.55. The Morgan fingerprint density at radius 1 is 1.11 bits per heavy atom. The van der Waals surface area contributed by atoms with Gasteiger partial charge in [0.05, 0.1) is 37.0 Å². The number of nitrogens with one attached hydrogen (secondary N) is 1. The third-order valence-corrected chi connectivity index (χ3v) is 2.80. The summed E-state index contributed by atoms with van der Waals surface area (Å²) in [5, 5.41) is 3.11. The lowest BCUT2D eigenvalue weighted by Gasteiger charge is -2.24. The first-order valence-electron chi connectivity index (χ1n) is 6.85. The fourth-order valence-corrected chi connectivity index (χ4v) is 1.75. The van der Waals surface area contributed by atoms with Gasteiger partial charge in [0, 0.05) is 33.4 Å². The van der Waals surface area contributed by atoms with Crippen LogP contribution in [-0.2, 0) is 9.47 Å². The SMILES string of the molecule is CCOCCN(CCOCC)c1cncc(NC)c1. The highest BCUT2D eigenvalue weighted by atomic mass is 16.5. The average molecular weight is 267 g/mol. The van der Waals surface area contributed by atoms with E-state index in [0.717, 1.165) is 37.7 Å². The Morgan fingerprint density at radius 2 is 1.74 bits per heavy atom. The van der Waals surface area contributed by atoms with E-state index in [1.54, 1.807) is 0 Å². The molecule has 0 spiro atoms. The molecule has 1 rings (SSSR count). The van der Waals surface area contributed by atoms with Gasteiger partial charge in [0.1, 0.15) is 0 Å². The van der Waals surface area contributed by atoms with Gasteiger partial charge in [0.2, 0.25) is 0 Å². The zero-order chi connectivity index (χ0) is 13.9. The lowest BCUT2D eigenvalue weighted by atomic mass is 10.3. The highest BCUT2D eigenvalue weighted by Gasteiger charge is 2.07. The summed E-state index contributed by atoms with van der Waals surface area (Å²) in [5.41, 5.74) is 2.10. The quantitative estimate of drug-likeness (QED) is 0.657. The van der Waals surface area contributed by atoms with Gasteiger partial charge >= 0.3 is 0 Å². The molecule has 5 heteroatoms. The van der Waals surface area contributed by atoms with Crippen molar-refractivity contribution in [2.75, 3.05) is 56.8 Å². The second kappa shape index (κ2) is 9.58. The van der Waals surface area contributed by atoms with Crippen molar-refractivity contribution in [2.45, 2.75) is 13.8 Å². The van der Waals surface area contributed by atoms with Crippen LogP contribution in [0.1, 0.15) is 13.8 Å². The monoisotopic (exact) mass is 267 g/mol. The minimum absolute atomic E-state index is 0.715. The van der Waals surface area contributed by atoms with E-state index in [0.29, 0.717) is 13.2 Å². The minimum Gasteiger partial charge on any atom is -0.387 e. The molecule has 108 valence electrons. The summed E-state index contributed by atoms with van der Waals surface area (Å²) in [6, 6.07) is 2.09.